The highest BCUT2D eigenvalue weighted by molar-refractivity contribution is 5.58. The molecular weight excluding hydrogens is 330 g/mol. The van der Waals surface area contributed by atoms with Crippen LogP contribution in [0.3, 0.4) is 0 Å². The van der Waals surface area contributed by atoms with E-state index in [1.165, 1.54) is 6.39 Å². The Morgan fingerprint density at radius 1 is 1.23 bits per heavy atom. The van der Waals surface area contributed by atoms with Crippen LogP contribution in [0.1, 0.15) is 25.5 Å². The summed E-state index contributed by atoms with van der Waals surface area (Å²) in [6.45, 7) is 4.96. The van der Waals surface area contributed by atoms with Gasteiger partial charge in [0.05, 0.1) is 6.10 Å². The molecule has 0 saturated carbocycles. The minimum Gasteiger partial charge on any atom is -0.492 e. The van der Waals surface area contributed by atoms with Gasteiger partial charge < -0.3 is 19.6 Å². The Morgan fingerprint density at radius 2 is 2.04 bits per heavy atom. The summed E-state index contributed by atoms with van der Waals surface area (Å²) >= 11 is 0. The lowest BCUT2D eigenvalue weighted by molar-refractivity contribution is 0.142. The number of ether oxygens (including phenoxy) is 1. The van der Waals surface area contributed by atoms with Gasteiger partial charge in [0.15, 0.2) is 6.39 Å². The van der Waals surface area contributed by atoms with Crippen LogP contribution < -0.4 is 10.1 Å². The van der Waals surface area contributed by atoms with E-state index in [4.69, 9.17) is 9.15 Å². The molecule has 6 heteroatoms. The third-order valence-corrected chi connectivity index (χ3v) is 4.03. The minimum atomic E-state index is -0.607. The first-order chi connectivity index (χ1) is 12.5. The molecule has 0 unspecified atom stereocenters. The number of hydrogen-bond acceptors (Lipinski definition) is 6. The van der Waals surface area contributed by atoms with E-state index in [1.807, 2.05) is 50.2 Å². The first-order valence-electron chi connectivity index (χ1n) is 8.48. The number of hydrogen-bond donors (Lipinski definition) is 2. The van der Waals surface area contributed by atoms with Crippen LogP contribution in [0.5, 0.6) is 5.75 Å². The van der Waals surface area contributed by atoms with Crippen molar-refractivity contribution in [2.75, 3.05) is 13.2 Å². The molecule has 0 aliphatic carbocycles. The van der Waals surface area contributed by atoms with Crippen molar-refractivity contribution in [3.8, 4) is 17.0 Å². The van der Waals surface area contributed by atoms with Gasteiger partial charge in [0.1, 0.15) is 24.3 Å². The average molecular weight is 353 g/mol. The molecule has 2 aromatic heterocycles. The number of β-amino-alcohol motifs (C(OH)–C–C–N with tert-alkyl or cyclic N) is 1. The van der Waals surface area contributed by atoms with Gasteiger partial charge in [-0.05, 0) is 44.2 Å². The molecule has 2 heterocycles. The summed E-state index contributed by atoms with van der Waals surface area (Å²) in [5.41, 5.74) is 2.26. The quantitative estimate of drug-likeness (QED) is 0.647. The molecule has 26 heavy (non-hydrogen) atoms. The number of aliphatic hydroxyl groups is 1. The van der Waals surface area contributed by atoms with Crippen LogP contribution in [0.2, 0.25) is 0 Å². The van der Waals surface area contributed by atoms with Gasteiger partial charge >= 0.3 is 0 Å². The van der Waals surface area contributed by atoms with E-state index in [9.17, 15) is 5.11 Å². The van der Waals surface area contributed by atoms with Crippen LogP contribution in [0.25, 0.3) is 11.3 Å². The maximum Gasteiger partial charge on any atom is 0.181 e. The number of nitrogens with zero attached hydrogens (tertiary/aromatic N) is 2. The monoisotopic (exact) mass is 353 g/mol. The molecule has 136 valence electrons. The van der Waals surface area contributed by atoms with Crippen molar-refractivity contribution in [1.29, 1.82) is 0 Å². The molecule has 0 bridgehead atoms. The number of rotatable bonds is 8. The van der Waals surface area contributed by atoms with Crippen LogP contribution >= 0.6 is 0 Å². The molecule has 2 N–H and O–H groups in total. The van der Waals surface area contributed by atoms with Gasteiger partial charge in [-0.15, -0.1) is 0 Å². The van der Waals surface area contributed by atoms with Crippen molar-refractivity contribution in [3.63, 3.8) is 0 Å². The predicted octanol–water partition coefficient (Wildman–Crippen LogP) is 3.22. The number of pyridine rings is 1. The van der Waals surface area contributed by atoms with Gasteiger partial charge in [-0.2, -0.15) is 0 Å². The third-order valence-electron chi connectivity index (χ3n) is 4.03. The second-order valence-electron chi connectivity index (χ2n) is 6.75. The van der Waals surface area contributed by atoms with Crippen molar-refractivity contribution in [2.24, 2.45) is 0 Å². The molecule has 3 rings (SSSR count). The van der Waals surface area contributed by atoms with Gasteiger partial charge in [0, 0.05) is 35.6 Å². The van der Waals surface area contributed by atoms with Crippen LogP contribution in [0.15, 0.2) is 65.9 Å². The fourth-order valence-electron chi connectivity index (χ4n) is 2.46. The number of aliphatic hydroxyl groups excluding tert-OH is 1. The lowest BCUT2D eigenvalue weighted by atomic mass is 10.1. The van der Waals surface area contributed by atoms with E-state index in [0.717, 1.165) is 22.6 Å². The smallest absolute Gasteiger partial charge is 0.181 e. The Hall–Kier alpha value is -2.70. The Bertz CT molecular complexity index is 787. The largest absolute Gasteiger partial charge is 0.492 e. The molecule has 0 aliphatic heterocycles. The SMILES string of the molecule is CC(C)(COc1ccc(-c2cocn2)cc1)NC[C@H](O)c1cccnc1. The fourth-order valence-corrected chi connectivity index (χ4v) is 2.46. The summed E-state index contributed by atoms with van der Waals surface area (Å²) in [6.07, 6.45) is 5.77. The normalized spacial score (nSPS) is 12.7. The highest BCUT2D eigenvalue weighted by atomic mass is 16.5. The number of nitrogens with one attached hydrogen (secondary N) is 1. The number of benzene rings is 1. The Balaban J connectivity index is 1.50. The Kier molecular flexibility index (Phi) is 5.65. The van der Waals surface area contributed by atoms with Gasteiger partial charge in [0.25, 0.3) is 0 Å². The molecule has 0 spiro atoms. The maximum atomic E-state index is 10.2. The van der Waals surface area contributed by atoms with Gasteiger partial charge in [0.2, 0.25) is 0 Å². The molecule has 1 atom stereocenters. The molecule has 0 aliphatic rings. The molecular formula is C20H23N3O3. The summed E-state index contributed by atoms with van der Waals surface area (Å²) in [7, 11) is 0. The van der Waals surface area contributed by atoms with E-state index in [-0.39, 0.29) is 5.54 Å². The minimum absolute atomic E-state index is 0.298. The zero-order chi connectivity index (χ0) is 18.4. The van der Waals surface area contributed by atoms with Crippen molar-refractivity contribution in [3.05, 3.63) is 67.0 Å². The molecule has 1 aromatic carbocycles. The summed E-state index contributed by atoms with van der Waals surface area (Å²) < 4.78 is 10.9. The summed E-state index contributed by atoms with van der Waals surface area (Å²) in [4.78, 5) is 8.15. The molecule has 0 amide bonds. The van der Waals surface area contributed by atoms with E-state index >= 15 is 0 Å². The fraction of sp³-hybridized carbons (Fsp3) is 0.300. The summed E-state index contributed by atoms with van der Waals surface area (Å²) in [6, 6.07) is 11.4. The molecule has 3 aromatic rings. The van der Waals surface area contributed by atoms with Crippen molar-refractivity contribution < 1.29 is 14.3 Å². The van der Waals surface area contributed by atoms with Crippen LogP contribution in [-0.4, -0.2) is 33.8 Å². The zero-order valence-electron chi connectivity index (χ0n) is 14.9. The topological polar surface area (TPSA) is 80.4 Å². The van der Waals surface area contributed by atoms with E-state index < -0.39 is 6.10 Å². The van der Waals surface area contributed by atoms with Crippen LogP contribution in [-0.2, 0) is 0 Å². The molecule has 6 nitrogen and oxygen atoms in total. The zero-order valence-corrected chi connectivity index (χ0v) is 14.9. The van der Waals surface area contributed by atoms with Crippen molar-refractivity contribution in [1.82, 2.24) is 15.3 Å². The van der Waals surface area contributed by atoms with Gasteiger partial charge in [-0.25, -0.2) is 4.98 Å². The second-order valence-corrected chi connectivity index (χ2v) is 6.75. The lowest BCUT2D eigenvalue weighted by Gasteiger charge is -2.28. The average Bonchev–Trinajstić information content (AvgIpc) is 3.20. The number of oxazole rings is 1. The third kappa shape index (κ3) is 4.91. The molecule has 0 radical (unpaired) electrons. The first kappa shape index (κ1) is 18.1. The summed E-state index contributed by atoms with van der Waals surface area (Å²) in [5.74, 6) is 0.778. The lowest BCUT2D eigenvalue weighted by Crippen LogP contribution is -2.46. The van der Waals surface area contributed by atoms with Gasteiger partial charge in [-0.1, -0.05) is 6.07 Å². The van der Waals surface area contributed by atoms with E-state index in [0.29, 0.717) is 13.2 Å². The Labute approximate surface area is 152 Å². The molecule has 0 fully saturated rings. The standard InChI is InChI=1S/C20H23N3O3/c1-20(2,23-11-19(24)16-4-3-9-21-10-16)13-26-17-7-5-15(6-8-17)18-12-25-14-22-18/h3-10,12,14,19,23-24H,11,13H2,1-2H3/t19-/m0/s1. The highest BCUT2D eigenvalue weighted by Gasteiger charge is 2.20. The van der Waals surface area contributed by atoms with Crippen LogP contribution in [0.4, 0.5) is 0 Å². The predicted molar refractivity (Wildman–Crippen MR) is 98.7 cm³/mol. The second kappa shape index (κ2) is 8.12. The summed E-state index contributed by atoms with van der Waals surface area (Å²) in [5, 5.41) is 13.6. The number of aromatic nitrogens is 2. The van der Waals surface area contributed by atoms with Gasteiger partial charge in [-0.3, -0.25) is 4.98 Å². The van der Waals surface area contributed by atoms with Crippen molar-refractivity contribution in [2.45, 2.75) is 25.5 Å². The molecule has 0 saturated heterocycles. The maximum absolute atomic E-state index is 10.2. The highest BCUT2D eigenvalue weighted by Crippen LogP contribution is 2.21. The Morgan fingerprint density at radius 3 is 2.69 bits per heavy atom. The van der Waals surface area contributed by atoms with Crippen molar-refractivity contribution >= 4 is 0 Å². The first-order valence-corrected chi connectivity index (χ1v) is 8.48. The van der Waals surface area contributed by atoms with E-state index in [1.54, 1.807) is 18.7 Å². The van der Waals surface area contributed by atoms with E-state index in [2.05, 4.69) is 15.3 Å². The van der Waals surface area contributed by atoms with Crippen LogP contribution in [0, 0.1) is 0 Å².